The summed E-state index contributed by atoms with van der Waals surface area (Å²) in [6.07, 6.45) is -4.37. The maximum absolute atomic E-state index is 12.9. The summed E-state index contributed by atoms with van der Waals surface area (Å²) in [7, 11) is -1.55. The molecule has 1 aromatic heterocycles. The topological polar surface area (TPSA) is 98.2 Å². The lowest BCUT2D eigenvalue weighted by atomic mass is 9.92. The number of aliphatic carboxylic acids is 1. The van der Waals surface area contributed by atoms with Gasteiger partial charge in [-0.25, -0.2) is 13.2 Å². The smallest absolute Gasteiger partial charge is 0.475 e. The van der Waals surface area contributed by atoms with Gasteiger partial charge in [-0.05, 0) is 37.0 Å². The van der Waals surface area contributed by atoms with Crippen LogP contribution in [0.15, 0.2) is 52.1 Å². The van der Waals surface area contributed by atoms with Crippen molar-refractivity contribution in [2.24, 2.45) is 0 Å². The van der Waals surface area contributed by atoms with Gasteiger partial charge in [-0.1, -0.05) is 24.3 Å². The van der Waals surface area contributed by atoms with Crippen molar-refractivity contribution in [2.45, 2.75) is 22.3 Å². The Morgan fingerprint density at radius 3 is 2.30 bits per heavy atom. The second-order valence-electron chi connectivity index (χ2n) is 7.72. The molecular formula is C20H22F3N3O5S2. The van der Waals surface area contributed by atoms with Crippen LogP contribution in [0.3, 0.4) is 0 Å². The van der Waals surface area contributed by atoms with Crippen molar-refractivity contribution in [3.8, 4) is 0 Å². The predicted octanol–water partition coefficient (Wildman–Crippen LogP) is 2.49. The fourth-order valence-corrected chi connectivity index (χ4v) is 6.47. The van der Waals surface area contributed by atoms with Crippen LogP contribution in [0.5, 0.6) is 0 Å². The van der Waals surface area contributed by atoms with E-state index in [2.05, 4.69) is 0 Å². The van der Waals surface area contributed by atoms with E-state index in [-0.39, 0.29) is 11.4 Å². The molecule has 1 amide bonds. The molecule has 1 N–H and O–H groups in total. The number of rotatable bonds is 3. The number of sulfonamides is 1. The highest BCUT2D eigenvalue weighted by molar-refractivity contribution is 7.91. The monoisotopic (exact) mass is 505 g/mol. The number of likely N-dealkylation sites (N-methyl/N-ethyl adjacent to an activating group) is 1. The number of carboxylic acids is 1. The van der Waals surface area contributed by atoms with Gasteiger partial charge in [0.25, 0.3) is 10.0 Å². The standard InChI is InChI=1S/C18H21N3O3S2.C2HF3O2/c1-19-12-16(22)21(15-6-3-2-4-7-15)14-18(19)9-10-20(13-18)26(23,24)17-8-5-11-25-17;3-2(4,5)1(6)7/h2-8,11H,9-10,12-14H2,1H3;(H,6,7). The van der Waals surface area contributed by atoms with Crippen molar-refractivity contribution in [3.05, 3.63) is 47.8 Å². The molecule has 13 heteroatoms. The molecule has 0 aliphatic carbocycles. The highest BCUT2D eigenvalue weighted by Gasteiger charge is 2.50. The Labute approximate surface area is 192 Å². The summed E-state index contributed by atoms with van der Waals surface area (Å²) in [5.74, 6) is -2.71. The van der Waals surface area contributed by atoms with Crippen LogP contribution in [0.2, 0.25) is 0 Å². The minimum Gasteiger partial charge on any atom is -0.475 e. The first-order valence-electron chi connectivity index (χ1n) is 9.77. The van der Waals surface area contributed by atoms with E-state index in [1.165, 1.54) is 11.3 Å². The van der Waals surface area contributed by atoms with Gasteiger partial charge in [0.05, 0.1) is 12.1 Å². The third kappa shape index (κ3) is 5.37. The van der Waals surface area contributed by atoms with Crippen LogP contribution in [0, 0.1) is 0 Å². The Balaban J connectivity index is 0.000000383. The second kappa shape index (κ2) is 9.41. The SMILES string of the molecule is CN1CC(=O)N(c2ccccc2)CC12CCN(S(=O)(=O)c1cccs1)C2.O=C(O)C(F)(F)F. The van der Waals surface area contributed by atoms with Crippen LogP contribution in [0.25, 0.3) is 0 Å². The van der Waals surface area contributed by atoms with Gasteiger partial charge < -0.3 is 10.0 Å². The maximum Gasteiger partial charge on any atom is 0.490 e. The lowest BCUT2D eigenvalue weighted by Gasteiger charge is -2.46. The summed E-state index contributed by atoms with van der Waals surface area (Å²) in [5, 5.41) is 8.90. The number of benzene rings is 1. The lowest BCUT2D eigenvalue weighted by molar-refractivity contribution is -0.192. The summed E-state index contributed by atoms with van der Waals surface area (Å²) in [6, 6.07) is 13.0. The normalized spacial score (nSPS) is 22.3. The van der Waals surface area contributed by atoms with Gasteiger partial charge in [-0.15, -0.1) is 11.3 Å². The van der Waals surface area contributed by atoms with Gasteiger partial charge in [-0.2, -0.15) is 17.5 Å². The number of hydrogen-bond donors (Lipinski definition) is 1. The van der Waals surface area contributed by atoms with Crippen LogP contribution < -0.4 is 4.90 Å². The summed E-state index contributed by atoms with van der Waals surface area (Å²) >= 11 is 1.24. The number of hydrogen-bond acceptors (Lipinski definition) is 6. The number of piperazine rings is 1. The molecule has 2 aliphatic heterocycles. The molecule has 2 saturated heterocycles. The van der Waals surface area contributed by atoms with Crippen LogP contribution in [-0.4, -0.2) is 79.5 Å². The van der Waals surface area contributed by atoms with E-state index in [4.69, 9.17) is 9.90 Å². The van der Waals surface area contributed by atoms with Crippen molar-refractivity contribution < 1.29 is 36.3 Å². The molecule has 8 nitrogen and oxygen atoms in total. The third-order valence-electron chi connectivity index (χ3n) is 5.63. The number of alkyl halides is 3. The third-order valence-corrected chi connectivity index (χ3v) is 8.85. The highest BCUT2D eigenvalue weighted by Crippen LogP contribution is 2.36. The molecule has 1 aromatic carbocycles. The van der Waals surface area contributed by atoms with Crippen LogP contribution >= 0.6 is 11.3 Å². The molecule has 1 spiro atoms. The molecule has 2 aromatic rings. The van der Waals surface area contributed by atoms with Crippen LogP contribution in [0.1, 0.15) is 6.42 Å². The number of carbonyl (C=O) groups excluding carboxylic acids is 1. The van der Waals surface area contributed by atoms with E-state index in [1.54, 1.807) is 26.7 Å². The van der Waals surface area contributed by atoms with E-state index < -0.39 is 22.2 Å². The van der Waals surface area contributed by atoms with Gasteiger partial charge in [0.2, 0.25) is 5.91 Å². The Bertz CT molecular complexity index is 1090. The number of carbonyl (C=O) groups is 2. The molecule has 1 unspecified atom stereocenters. The zero-order valence-corrected chi connectivity index (χ0v) is 19.2. The van der Waals surface area contributed by atoms with Crippen molar-refractivity contribution in [1.29, 1.82) is 0 Å². The molecule has 180 valence electrons. The van der Waals surface area contributed by atoms with Gasteiger partial charge in [0.15, 0.2) is 0 Å². The minimum atomic E-state index is -5.08. The van der Waals surface area contributed by atoms with E-state index in [0.717, 1.165) is 5.69 Å². The van der Waals surface area contributed by atoms with Crippen LogP contribution in [0.4, 0.5) is 18.9 Å². The van der Waals surface area contributed by atoms with Crippen molar-refractivity contribution >= 4 is 38.9 Å². The minimum absolute atomic E-state index is 0.0453. The molecule has 33 heavy (non-hydrogen) atoms. The summed E-state index contributed by atoms with van der Waals surface area (Å²) in [4.78, 5) is 25.3. The van der Waals surface area contributed by atoms with E-state index in [0.29, 0.717) is 36.8 Å². The molecule has 0 radical (unpaired) electrons. The van der Waals surface area contributed by atoms with Gasteiger partial charge in [0.1, 0.15) is 4.21 Å². The second-order valence-corrected chi connectivity index (χ2v) is 10.8. The quantitative estimate of drug-likeness (QED) is 0.689. The number of nitrogens with zero attached hydrogens (tertiary/aromatic N) is 3. The molecule has 0 bridgehead atoms. The number of thiophene rings is 1. The van der Waals surface area contributed by atoms with Gasteiger partial charge >= 0.3 is 12.1 Å². The molecular weight excluding hydrogens is 483 g/mol. The molecule has 3 heterocycles. The Hall–Kier alpha value is -2.48. The first-order valence-corrected chi connectivity index (χ1v) is 12.1. The van der Waals surface area contributed by atoms with E-state index >= 15 is 0 Å². The fraction of sp³-hybridized carbons (Fsp3) is 0.400. The largest absolute Gasteiger partial charge is 0.490 e. The average molecular weight is 506 g/mol. The number of carboxylic acid groups (broad SMARTS) is 1. The Morgan fingerprint density at radius 2 is 1.76 bits per heavy atom. The number of halogens is 3. The highest BCUT2D eigenvalue weighted by atomic mass is 32.2. The Kier molecular flexibility index (Phi) is 7.17. The zero-order chi connectivity index (χ0) is 24.4. The van der Waals surface area contributed by atoms with Gasteiger partial charge in [-0.3, -0.25) is 9.69 Å². The first kappa shape index (κ1) is 25.1. The van der Waals surface area contributed by atoms with Crippen LogP contribution in [-0.2, 0) is 19.6 Å². The van der Waals surface area contributed by atoms with Gasteiger partial charge in [0, 0.05) is 25.3 Å². The molecule has 1 atom stereocenters. The molecule has 0 saturated carbocycles. The van der Waals surface area contributed by atoms with Crippen molar-refractivity contribution in [1.82, 2.24) is 9.21 Å². The summed E-state index contributed by atoms with van der Waals surface area (Å²) in [5.41, 5.74) is 0.512. The zero-order valence-electron chi connectivity index (χ0n) is 17.5. The van der Waals surface area contributed by atoms with Crippen molar-refractivity contribution in [3.63, 3.8) is 0 Å². The molecule has 4 rings (SSSR count). The number of para-hydroxylation sites is 1. The fourth-order valence-electron chi connectivity index (χ4n) is 3.80. The van der Waals surface area contributed by atoms with Crippen molar-refractivity contribution in [2.75, 3.05) is 38.1 Å². The van der Waals surface area contributed by atoms with E-state index in [1.807, 2.05) is 42.3 Å². The number of amides is 1. The molecule has 2 fully saturated rings. The lowest BCUT2D eigenvalue weighted by Crippen LogP contribution is -2.64. The number of anilines is 1. The predicted molar refractivity (Wildman–Crippen MR) is 116 cm³/mol. The Morgan fingerprint density at radius 1 is 1.12 bits per heavy atom. The molecule has 2 aliphatic rings. The first-order chi connectivity index (χ1) is 15.4. The average Bonchev–Trinajstić information content (AvgIpc) is 3.43. The summed E-state index contributed by atoms with van der Waals surface area (Å²) < 4.78 is 59.4. The van der Waals surface area contributed by atoms with E-state index in [9.17, 15) is 26.4 Å². The summed E-state index contributed by atoms with van der Waals surface area (Å²) in [6.45, 7) is 1.67. The maximum atomic E-state index is 12.9.